The number of rotatable bonds is 1. The summed E-state index contributed by atoms with van der Waals surface area (Å²) in [5.74, 6) is -0.501. The van der Waals surface area contributed by atoms with Gasteiger partial charge in [-0.25, -0.2) is 0 Å². The molecule has 0 spiro atoms. The molecule has 2 N–H and O–H groups in total. The van der Waals surface area contributed by atoms with E-state index in [9.17, 15) is 15.0 Å². The van der Waals surface area contributed by atoms with Gasteiger partial charge in [0.25, 0.3) is 5.91 Å². The molecule has 1 aliphatic heterocycles. The molecule has 1 fully saturated rings. The molecule has 1 saturated heterocycles. The van der Waals surface area contributed by atoms with Crippen LogP contribution in [0.3, 0.4) is 0 Å². The number of carbonyl (C=O) groups is 1. The fourth-order valence-electron chi connectivity index (χ4n) is 1.57. The van der Waals surface area contributed by atoms with Gasteiger partial charge in [-0.05, 0) is 36.3 Å². The van der Waals surface area contributed by atoms with Crippen LogP contribution in [0.4, 0.5) is 0 Å². The predicted octanol–water partition coefficient (Wildman–Crippen LogP) is 2.24. The lowest BCUT2D eigenvalue weighted by molar-refractivity contribution is -0.121. The SMILES string of the molecule is Cc1cc(/C=C2\SC(=S)N(C)C2=O)cc(O)c1O. The van der Waals surface area contributed by atoms with Gasteiger partial charge in [-0.1, -0.05) is 24.0 Å². The van der Waals surface area contributed by atoms with Gasteiger partial charge in [0.2, 0.25) is 0 Å². The van der Waals surface area contributed by atoms with Gasteiger partial charge in [0.1, 0.15) is 4.32 Å². The Morgan fingerprint density at radius 1 is 1.39 bits per heavy atom. The van der Waals surface area contributed by atoms with E-state index in [0.29, 0.717) is 20.4 Å². The van der Waals surface area contributed by atoms with Crippen LogP contribution in [0.5, 0.6) is 11.5 Å². The summed E-state index contributed by atoms with van der Waals surface area (Å²) in [5.41, 5.74) is 1.20. The molecule has 0 radical (unpaired) electrons. The summed E-state index contributed by atoms with van der Waals surface area (Å²) in [4.78, 5) is 13.7. The molecule has 1 aromatic rings. The Morgan fingerprint density at radius 3 is 2.56 bits per heavy atom. The van der Waals surface area contributed by atoms with Crippen molar-refractivity contribution < 1.29 is 15.0 Å². The molecule has 0 bridgehead atoms. The number of phenolic OH excluding ortho intramolecular Hbond substituents is 2. The average Bonchev–Trinajstić information content (AvgIpc) is 2.54. The van der Waals surface area contributed by atoms with Gasteiger partial charge in [-0.15, -0.1) is 0 Å². The van der Waals surface area contributed by atoms with Crippen molar-refractivity contribution in [2.45, 2.75) is 6.92 Å². The van der Waals surface area contributed by atoms with E-state index >= 15 is 0 Å². The van der Waals surface area contributed by atoms with E-state index < -0.39 is 0 Å². The molecule has 0 aliphatic carbocycles. The highest BCUT2D eigenvalue weighted by atomic mass is 32.2. The van der Waals surface area contributed by atoms with Gasteiger partial charge in [0.05, 0.1) is 4.91 Å². The number of aromatic hydroxyl groups is 2. The molecule has 1 aromatic carbocycles. The fourth-order valence-corrected chi connectivity index (χ4v) is 2.75. The molecule has 0 saturated carbocycles. The Morgan fingerprint density at radius 2 is 2.06 bits per heavy atom. The van der Waals surface area contributed by atoms with Gasteiger partial charge < -0.3 is 10.2 Å². The Kier molecular flexibility index (Phi) is 3.32. The summed E-state index contributed by atoms with van der Waals surface area (Å²) < 4.78 is 0.506. The summed E-state index contributed by atoms with van der Waals surface area (Å²) in [6.07, 6.45) is 1.65. The fraction of sp³-hybridized carbons (Fsp3) is 0.167. The smallest absolute Gasteiger partial charge is 0.265 e. The van der Waals surface area contributed by atoms with Gasteiger partial charge in [-0.2, -0.15) is 0 Å². The third kappa shape index (κ3) is 2.21. The number of thiocarbonyl (C=S) groups is 1. The van der Waals surface area contributed by atoms with Crippen LogP contribution in [0.2, 0.25) is 0 Å². The first kappa shape index (κ1) is 12.9. The van der Waals surface area contributed by atoms with E-state index in [1.54, 1.807) is 26.1 Å². The third-order valence-electron chi connectivity index (χ3n) is 2.59. The van der Waals surface area contributed by atoms with Crippen molar-refractivity contribution in [3.63, 3.8) is 0 Å². The molecule has 1 aliphatic rings. The first-order valence-corrected chi connectivity index (χ1v) is 6.36. The molecule has 18 heavy (non-hydrogen) atoms. The lowest BCUT2D eigenvalue weighted by Gasteiger charge is -2.05. The van der Waals surface area contributed by atoms with E-state index in [0.717, 1.165) is 0 Å². The number of aryl methyl sites for hydroxylation is 1. The molecule has 0 aromatic heterocycles. The number of hydrogen-bond donors (Lipinski definition) is 2. The van der Waals surface area contributed by atoms with Gasteiger partial charge in [0.15, 0.2) is 11.5 Å². The van der Waals surface area contributed by atoms with Crippen LogP contribution in [-0.4, -0.2) is 32.4 Å². The highest BCUT2D eigenvalue weighted by molar-refractivity contribution is 8.26. The van der Waals surface area contributed by atoms with E-state index in [1.807, 2.05) is 0 Å². The standard InChI is InChI=1S/C12H11NO3S2/c1-6-3-7(4-8(14)10(6)15)5-9-11(16)13(2)12(17)18-9/h3-5,14-15H,1-2H3/b9-5-. The number of hydrogen-bond acceptors (Lipinski definition) is 5. The van der Waals surface area contributed by atoms with Crippen molar-refractivity contribution in [3.8, 4) is 11.5 Å². The summed E-state index contributed by atoms with van der Waals surface area (Å²) in [6.45, 7) is 1.68. The molecule has 0 unspecified atom stereocenters. The summed E-state index contributed by atoms with van der Waals surface area (Å²) in [7, 11) is 1.62. The molecule has 2 rings (SSSR count). The predicted molar refractivity (Wildman–Crippen MR) is 75.4 cm³/mol. The second-order valence-electron chi connectivity index (χ2n) is 3.95. The number of nitrogens with zero attached hydrogens (tertiary/aromatic N) is 1. The van der Waals surface area contributed by atoms with Crippen LogP contribution in [0.15, 0.2) is 17.0 Å². The average molecular weight is 281 g/mol. The first-order valence-electron chi connectivity index (χ1n) is 5.14. The second kappa shape index (κ2) is 4.62. The van der Waals surface area contributed by atoms with Crippen LogP contribution in [-0.2, 0) is 4.79 Å². The maximum absolute atomic E-state index is 11.8. The molecular formula is C12H11NO3S2. The Bertz CT molecular complexity index is 558. The van der Waals surface area contributed by atoms with E-state index in [2.05, 4.69) is 0 Å². The Labute approximate surface area is 114 Å². The number of carbonyl (C=O) groups excluding carboxylic acids is 1. The lowest BCUT2D eigenvalue weighted by Crippen LogP contribution is -2.22. The quantitative estimate of drug-likeness (QED) is 0.469. The van der Waals surface area contributed by atoms with Crippen molar-refractivity contribution >= 4 is 40.3 Å². The second-order valence-corrected chi connectivity index (χ2v) is 5.62. The van der Waals surface area contributed by atoms with Gasteiger partial charge >= 0.3 is 0 Å². The normalized spacial score (nSPS) is 17.9. The molecule has 4 nitrogen and oxygen atoms in total. The molecule has 94 valence electrons. The van der Waals surface area contributed by atoms with Crippen LogP contribution >= 0.6 is 24.0 Å². The molecule has 1 heterocycles. The minimum atomic E-state index is -0.201. The molecule has 6 heteroatoms. The van der Waals surface area contributed by atoms with Gasteiger partial charge in [0, 0.05) is 7.05 Å². The summed E-state index contributed by atoms with van der Waals surface area (Å²) in [5, 5.41) is 19.0. The molecular weight excluding hydrogens is 270 g/mol. The topological polar surface area (TPSA) is 60.8 Å². The van der Waals surface area contributed by atoms with Crippen LogP contribution in [0, 0.1) is 6.92 Å². The van der Waals surface area contributed by atoms with Crippen molar-refractivity contribution in [2.75, 3.05) is 7.05 Å². The molecule has 0 atom stereocenters. The monoisotopic (exact) mass is 281 g/mol. The number of thioether (sulfide) groups is 1. The largest absolute Gasteiger partial charge is 0.504 e. The van der Waals surface area contributed by atoms with E-state index in [1.165, 1.54) is 22.7 Å². The Hall–Kier alpha value is -1.53. The number of phenols is 2. The van der Waals surface area contributed by atoms with Gasteiger partial charge in [-0.3, -0.25) is 9.69 Å². The van der Waals surface area contributed by atoms with Crippen LogP contribution in [0.25, 0.3) is 6.08 Å². The zero-order valence-electron chi connectivity index (χ0n) is 9.80. The van der Waals surface area contributed by atoms with Crippen LogP contribution < -0.4 is 0 Å². The van der Waals surface area contributed by atoms with Crippen LogP contribution in [0.1, 0.15) is 11.1 Å². The summed E-state index contributed by atoms with van der Waals surface area (Å²) in [6, 6.07) is 3.10. The zero-order valence-corrected chi connectivity index (χ0v) is 11.4. The van der Waals surface area contributed by atoms with E-state index in [4.69, 9.17) is 12.2 Å². The first-order chi connectivity index (χ1) is 8.40. The third-order valence-corrected chi connectivity index (χ3v) is 4.07. The van der Waals surface area contributed by atoms with E-state index in [-0.39, 0.29) is 17.4 Å². The van der Waals surface area contributed by atoms with Crippen molar-refractivity contribution in [3.05, 3.63) is 28.2 Å². The van der Waals surface area contributed by atoms with Crippen molar-refractivity contribution in [1.82, 2.24) is 4.90 Å². The number of likely N-dealkylation sites (N-methyl/N-ethyl adjacent to an activating group) is 1. The highest BCUT2D eigenvalue weighted by Gasteiger charge is 2.28. The Balaban J connectivity index is 2.40. The van der Waals surface area contributed by atoms with Crippen molar-refractivity contribution in [1.29, 1.82) is 0 Å². The molecule has 1 amide bonds. The minimum absolute atomic E-state index is 0.143. The zero-order chi connectivity index (χ0) is 13.4. The lowest BCUT2D eigenvalue weighted by atomic mass is 10.1. The summed E-state index contributed by atoms with van der Waals surface area (Å²) >= 11 is 6.24. The van der Waals surface area contributed by atoms with Crippen molar-refractivity contribution in [2.24, 2.45) is 0 Å². The number of benzene rings is 1. The maximum atomic E-state index is 11.8. The number of amides is 1. The highest BCUT2D eigenvalue weighted by Crippen LogP contribution is 2.34. The maximum Gasteiger partial charge on any atom is 0.265 e. The minimum Gasteiger partial charge on any atom is -0.504 e.